The zero-order valence-corrected chi connectivity index (χ0v) is 13.4. The number of hydrogen-bond acceptors (Lipinski definition) is 3. The highest BCUT2D eigenvalue weighted by molar-refractivity contribution is 5.86. The van der Waals surface area contributed by atoms with Gasteiger partial charge in [0, 0.05) is 5.57 Å². The van der Waals surface area contributed by atoms with Crippen molar-refractivity contribution in [1.29, 1.82) is 0 Å². The van der Waals surface area contributed by atoms with E-state index < -0.39 is 17.7 Å². The fourth-order valence-electron chi connectivity index (χ4n) is 3.01. The lowest BCUT2D eigenvalue weighted by atomic mass is 9.82. The van der Waals surface area contributed by atoms with Gasteiger partial charge in [-0.15, -0.1) is 0 Å². The first-order valence-corrected chi connectivity index (χ1v) is 7.55. The summed E-state index contributed by atoms with van der Waals surface area (Å²) in [4.78, 5) is 11.3. The molecule has 0 bridgehead atoms. The summed E-state index contributed by atoms with van der Waals surface area (Å²) in [6.45, 7) is 7.92. The molecule has 4 unspecified atom stereocenters. The van der Waals surface area contributed by atoms with Gasteiger partial charge < -0.3 is 9.84 Å². The molecule has 0 amide bonds. The number of ether oxygens (including phenoxy) is 1. The van der Waals surface area contributed by atoms with E-state index in [-0.39, 0.29) is 30.8 Å². The van der Waals surface area contributed by atoms with Crippen LogP contribution < -0.4 is 0 Å². The summed E-state index contributed by atoms with van der Waals surface area (Å²) in [6, 6.07) is 0. The van der Waals surface area contributed by atoms with E-state index in [9.17, 15) is 23.1 Å². The van der Waals surface area contributed by atoms with Gasteiger partial charge in [-0.05, 0) is 57.3 Å². The summed E-state index contributed by atoms with van der Waals surface area (Å²) in [5.74, 6) is -0.385. The van der Waals surface area contributed by atoms with Crippen molar-refractivity contribution >= 4 is 5.97 Å². The van der Waals surface area contributed by atoms with E-state index in [1.807, 2.05) is 0 Å². The van der Waals surface area contributed by atoms with Crippen LogP contribution in [0.2, 0.25) is 0 Å². The quantitative estimate of drug-likeness (QED) is 0.596. The molecule has 0 aromatic rings. The zero-order chi connectivity index (χ0) is 17.1. The van der Waals surface area contributed by atoms with Crippen molar-refractivity contribution in [2.24, 2.45) is 17.8 Å². The molecule has 1 rings (SSSR count). The van der Waals surface area contributed by atoms with Crippen LogP contribution in [-0.2, 0) is 9.53 Å². The Kier molecular flexibility index (Phi) is 6.07. The van der Waals surface area contributed by atoms with Crippen LogP contribution in [0.1, 0.15) is 46.5 Å². The second-order valence-electron chi connectivity index (χ2n) is 6.77. The summed E-state index contributed by atoms with van der Waals surface area (Å²) in [5, 5.41) is 9.58. The van der Waals surface area contributed by atoms with E-state index in [0.717, 1.165) is 26.2 Å². The molecule has 0 heterocycles. The molecule has 0 radical (unpaired) electrons. The molecule has 1 aliphatic rings. The maximum atomic E-state index is 12.7. The Bertz CT molecular complexity index is 415. The molecule has 22 heavy (non-hydrogen) atoms. The molecule has 6 heteroatoms. The third-order valence-corrected chi connectivity index (χ3v) is 4.52. The topological polar surface area (TPSA) is 46.5 Å². The highest BCUT2D eigenvalue weighted by atomic mass is 19.4. The Labute approximate surface area is 129 Å². The fourth-order valence-corrected chi connectivity index (χ4v) is 3.01. The van der Waals surface area contributed by atoms with E-state index in [1.165, 1.54) is 0 Å². The average molecular weight is 322 g/mol. The van der Waals surface area contributed by atoms with Crippen LogP contribution in [0.3, 0.4) is 0 Å². The standard InChI is InChI=1S/C16H25F3O3/c1-10(2)14(20)22-9-12-5-6-13(7-12)11(3)8-15(4,21)16(17,18)19/h11-13,21H,1,5-9H2,2-4H3. The smallest absolute Gasteiger partial charge is 0.416 e. The second-order valence-corrected chi connectivity index (χ2v) is 6.77. The monoisotopic (exact) mass is 322 g/mol. The summed E-state index contributed by atoms with van der Waals surface area (Å²) >= 11 is 0. The molecular weight excluding hydrogens is 297 g/mol. The van der Waals surface area contributed by atoms with E-state index in [1.54, 1.807) is 13.8 Å². The average Bonchev–Trinajstić information content (AvgIpc) is 2.82. The van der Waals surface area contributed by atoms with Gasteiger partial charge in [0.05, 0.1) is 6.61 Å². The molecule has 3 nitrogen and oxygen atoms in total. The van der Waals surface area contributed by atoms with Crippen molar-refractivity contribution in [3.63, 3.8) is 0 Å². The predicted molar refractivity (Wildman–Crippen MR) is 77.1 cm³/mol. The molecule has 0 aromatic heterocycles. The highest BCUT2D eigenvalue weighted by Gasteiger charge is 2.51. The minimum absolute atomic E-state index is 0.113. The Morgan fingerprint density at radius 3 is 2.50 bits per heavy atom. The lowest BCUT2D eigenvalue weighted by molar-refractivity contribution is -0.259. The van der Waals surface area contributed by atoms with Crippen LogP contribution in [0.4, 0.5) is 13.2 Å². The van der Waals surface area contributed by atoms with Crippen LogP contribution in [0.15, 0.2) is 12.2 Å². The van der Waals surface area contributed by atoms with Gasteiger partial charge >= 0.3 is 12.1 Å². The van der Waals surface area contributed by atoms with E-state index in [2.05, 4.69) is 6.58 Å². The zero-order valence-electron chi connectivity index (χ0n) is 13.4. The predicted octanol–water partition coefficient (Wildman–Crippen LogP) is 3.86. The van der Waals surface area contributed by atoms with Crippen LogP contribution in [0, 0.1) is 17.8 Å². The molecule has 1 saturated carbocycles. The van der Waals surface area contributed by atoms with Crippen LogP contribution in [-0.4, -0.2) is 29.5 Å². The molecule has 4 atom stereocenters. The maximum Gasteiger partial charge on any atom is 0.416 e. The Morgan fingerprint density at radius 1 is 1.41 bits per heavy atom. The molecule has 0 aliphatic heterocycles. The van der Waals surface area contributed by atoms with Gasteiger partial charge in [-0.3, -0.25) is 0 Å². The van der Waals surface area contributed by atoms with Crippen molar-refractivity contribution < 1.29 is 27.8 Å². The Morgan fingerprint density at radius 2 is 2.00 bits per heavy atom. The summed E-state index contributed by atoms with van der Waals surface area (Å²) in [6.07, 6.45) is -2.58. The number of aliphatic hydroxyl groups is 1. The van der Waals surface area contributed by atoms with Gasteiger partial charge in [0.1, 0.15) is 0 Å². The fraction of sp³-hybridized carbons (Fsp3) is 0.812. The van der Waals surface area contributed by atoms with Crippen LogP contribution in [0.25, 0.3) is 0 Å². The molecule has 1 N–H and O–H groups in total. The second kappa shape index (κ2) is 7.02. The first-order chi connectivity index (χ1) is 9.94. The molecule has 0 saturated heterocycles. The van der Waals surface area contributed by atoms with E-state index in [4.69, 9.17) is 4.74 Å². The number of rotatable bonds is 6. The van der Waals surface area contributed by atoms with Crippen molar-refractivity contribution in [2.75, 3.05) is 6.61 Å². The van der Waals surface area contributed by atoms with Gasteiger partial charge in [-0.25, -0.2) is 4.79 Å². The summed E-state index contributed by atoms with van der Waals surface area (Å²) < 4.78 is 43.3. The van der Waals surface area contributed by atoms with Crippen molar-refractivity contribution in [1.82, 2.24) is 0 Å². The van der Waals surface area contributed by atoms with Gasteiger partial charge in [0.2, 0.25) is 0 Å². The highest BCUT2D eigenvalue weighted by Crippen LogP contribution is 2.42. The molecule has 0 spiro atoms. The van der Waals surface area contributed by atoms with E-state index in [0.29, 0.717) is 5.57 Å². The minimum Gasteiger partial charge on any atom is -0.462 e. The van der Waals surface area contributed by atoms with Gasteiger partial charge in [0.25, 0.3) is 0 Å². The lowest BCUT2D eigenvalue weighted by Gasteiger charge is -2.31. The number of esters is 1. The normalized spacial score (nSPS) is 26.3. The Hall–Kier alpha value is -1.04. The van der Waals surface area contributed by atoms with Crippen molar-refractivity contribution in [2.45, 2.75) is 58.2 Å². The molecular formula is C16H25F3O3. The molecule has 1 aliphatic carbocycles. The molecule has 0 aromatic carbocycles. The van der Waals surface area contributed by atoms with Crippen molar-refractivity contribution in [3.8, 4) is 0 Å². The van der Waals surface area contributed by atoms with Gasteiger partial charge in [0.15, 0.2) is 5.60 Å². The van der Waals surface area contributed by atoms with Crippen molar-refractivity contribution in [3.05, 3.63) is 12.2 Å². The van der Waals surface area contributed by atoms with Crippen LogP contribution in [0.5, 0.6) is 0 Å². The number of hydrogen-bond donors (Lipinski definition) is 1. The van der Waals surface area contributed by atoms with Gasteiger partial charge in [-0.1, -0.05) is 13.5 Å². The largest absolute Gasteiger partial charge is 0.462 e. The first-order valence-electron chi connectivity index (χ1n) is 7.55. The summed E-state index contributed by atoms with van der Waals surface area (Å²) in [5.41, 5.74) is -2.32. The molecule has 1 fully saturated rings. The number of carbonyl (C=O) groups is 1. The molecule has 128 valence electrons. The van der Waals surface area contributed by atoms with Crippen LogP contribution >= 0.6 is 0 Å². The third kappa shape index (κ3) is 5.00. The number of alkyl halides is 3. The minimum atomic E-state index is -4.61. The summed E-state index contributed by atoms with van der Waals surface area (Å²) in [7, 11) is 0. The lowest BCUT2D eigenvalue weighted by Crippen LogP contribution is -2.44. The SMILES string of the molecule is C=C(C)C(=O)OCC1CCC(C(C)CC(C)(O)C(F)(F)F)C1. The number of carbonyl (C=O) groups excluding carboxylic acids is 1. The van der Waals surface area contributed by atoms with Gasteiger partial charge in [-0.2, -0.15) is 13.2 Å². The first kappa shape index (κ1) is 19.0. The Balaban J connectivity index is 2.46. The maximum absolute atomic E-state index is 12.7. The van der Waals surface area contributed by atoms with E-state index >= 15 is 0 Å². The third-order valence-electron chi connectivity index (χ3n) is 4.52. The number of halogens is 3.